The molecule has 0 aromatic carbocycles. The summed E-state index contributed by atoms with van der Waals surface area (Å²) in [7, 11) is -1.65. The van der Waals surface area contributed by atoms with Gasteiger partial charge in [-0.3, -0.25) is 0 Å². The van der Waals surface area contributed by atoms with E-state index in [1.54, 1.807) is 0 Å². The molecule has 5 nitrogen and oxygen atoms in total. The van der Waals surface area contributed by atoms with Gasteiger partial charge >= 0.3 is 0 Å². The predicted octanol–water partition coefficient (Wildman–Crippen LogP) is 0.329. The van der Waals surface area contributed by atoms with Crippen molar-refractivity contribution in [2.75, 3.05) is 26.0 Å². The molecule has 0 spiro atoms. The van der Waals surface area contributed by atoms with E-state index in [2.05, 4.69) is 23.9 Å². The van der Waals surface area contributed by atoms with Gasteiger partial charge < -0.3 is 10.1 Å². The second-order valence-electron chi connectivity index (χ2n) is 4.85. The van der Waals surface area contributed by atoms with Gasteiger partial charge in [-0.05, 0) is 25.8 Å². The van der Waals surface area contributed by atoms with Crippen molar-refractivity contribution in [2.24, 2.45) is 5.92 Å². The Morgan fingerprint density at radius 2 is 2.12 bits per heavy atom. The molecule has 0 radical (unpaired) electrons. The van der Waals surface area contributed by atoms with E-state index in [1.165, 1.54) is 7.05 Å². The summed E-state index contributed by atoms with van der Waals surface area (Å²) < 4.78 is 30.5. The second kappa shape index (κ2) is 6.68. The molecule has 102 valence electrons. The highest BCUT2D eigenvalue weighted by Crippen LogP contribution is 2.19. The van der Waals surface area contributed by atoms with E-state index in [0.717, 1.165) is 19.4 Å². The van der Waals surface area contributed by atoms with Crippen LogP contribution in [-0.4, -0.2) is 46.5 Å². The first-order chi connectivity index (χ1) is 7.94. The van der Waals surface area contributed by atoms with Gasteiger partial charge in [-0.2, -0.15) is 0 Å². The van der Waals surface area contributed by atoms with E-state index in [4.69, 9.17) is 4.74 Å². The van der Waals surface area contributed by atoms with E-state index in [0.29, 0.717) is 24.6 Å². The highest BCUT2D eigenvalue weighted by Gasteiger charge is 2.24. The van der Waals surface area contributed by atoms with Crippen molar-refractivity contribution in [2.45, 2.75) is 38.8 Å². The number of sulfonamides is 1. The summed E-state index contributed by atoms with van der Waals surface area (Å²) >= 11 is 0. The first-order valence-electron chi connectivity index (χ1n) is 6.21. The Labute approximate surface area is 104 Å². The molecule has 1 fully saturated rings. The van der Waals surface area contributed by atoms with E-state index in [-0.39, 0.29) is 5.75 Å². The second-order valence-corrected chi connectivity index (χ2v) is 6.90. The van der Waals surface area contributed by atoms with Gasteiger partial charge in [-0.1, -0.05) is 13.8 Å². The molecule has 1 aliphatic heterocycles. The van der Waals surface area contributed by atoms with Crippen LogP contribution in [0.25, 0.3) is 0 Å². The molecular formula is C11H24N2O3S. The van der Waals surface area contributed by atoms with Crippen LogP contribution >= 0.6 is 0 Å². The zero-order valence-corrected chi connectivity index (χ0v) is 11.7. The topological polar surface area (TPSA) is 67.4 Å². The van der Waals surface area contributed by atoms with Crippen LogP contribution in [0.3, 0.4) is 0 Å². The SMILES string of the molecule is CNS(=O)(=O)CCNC1CCOC(C(C)C)C1. The fourth-order valence-corrected chi connectivity index (χ4v) is 2.57. The molecule has 0 aliphatic carbocycles. The molecule has 0 aromatic rings. The Hall–Kier alpha value is -0.170. The Morgan fingerprint density at radius 3 is 2.71 bits per heavy atom. The summed E-state index contributed by atoms with van der Waals surface area (Å²) in [5.74, 6) is 0.647. The average molecular weight is 264 g/mol. The van der Waals surface area contributed by atoms with Crippen LogP contribution in [0.1, 0.15) is 26.7 Å². The zero-order valence-electron chi connectivity index (χ0n) is 10.9. The van der Waals surface area contributed by atoms with E-state index < -0.39 is 10.0 Å². The minimum Gasteiger partial charge on any atom is -0.378 e. The van der Waals surface area contributed by atoms with Gasteiger partial charge in [0.1, 0.15) is 0 Å². The summed E-state index contributed by atoms with van der Waals surface area (Å²) in [5, 5.41) is 3.30. The largest absolute Gasteiger partial charge is 0.378 e. The molecule has 0 aromatic heterocycles. The van der Waals surface area contributed by atoms with Gasteiger partial charge in [0.05, 0.1) is 11.9 Å². The van der Waals surface area contributed by atoms with Gasteiger partial charge in [0.15, 0.2) is 0 Å². The standard InChI is InChI=1S/C11H24N2O3S/c1-9(2)11-8-10(4-6-16-11)13-5-7-17(14,15)12-3/h9-13H,4-8H2,1-3H3. The van der Waals surface area contributed by atoms with Crippen molar-refractivity contribution in [3.8, 4) is 0 Å². The molecular weight excluding hydrogens is 240 g/mol. The van der Waals surface area contributed by atoms with Crippen LogP contribution in [0.4, 0.5) is 0 Å². The summed E-state index contributed by atoms with van der Waals surface area (Å²) in [6.45, 7) is 5.56. The quantitative estimate of drug-likeness (QED) is 0.725. The molecule has 1 heterocycles. The highest BCUT2D eigenvalue weighted by molar-refractivity contribution is 7.89. The minimum absolute atomic E-state index is 0.132. The monoisotopic (exact) mass is 264 g/mol. The lowest BCUT2D eigenvalue weighted by Gasteiger charge is -2.32. The third-order valence-corrected chi connectivity index (χ3v) is 4.54. The van der Waals surface area contributed by atoms with Gasteiger partial charge in [0.2, 0.25) is 10.0 Å². The Balaban J connectivity index is 2.28. The number of rotatable bonds is 6. The molecule has 2 atom stereocenters. The van der Waals surface area contributed by atoms with Crippen LogP contribution in [0, 0.1) is 5.92 Å². The lowest BCUT2D eigenvalue weighted by molar-refractivity contribution is -0.0240. The number of nitrogens with one attached hydrogen (secondary N) is 2. The molecule has 0 bridgehead atoms. The fraction of sp³-hybridized carbons (Fsp3) is 1.00. The first-order valence-corrected chi connectivity index (χ1v) is 7.86. The Bertz CT molecular complexity index is 317. The summed E-state index contributed by atoms with van der Waals surface area (Å²) in [4.78, 5) is 0. The lowest BCUT2D eigenvalue weighted by atomic mass is 9.95. The lowest BCUT2D eigenvalue weighted by Crippen LogP contribution is -2.43. The predicted molar refractivity (Wildman–Crippen MR) is 68.4 cm³/mol. The summed E-state index contributed by atoms with van der Waals surface area (Å²) in [6, 6.07) is 0.378. The number of hydrogen-bond acceptors (Lipinski definition) is 4. The molecule has 0 saturated carbocycles. The number of ether oxygens (including phenoxy) is 1. The Morgan fingerprint density at radius 1 is 1.41 bits per heavy atom. The van der Waals surface area contributed by atoms with Crippen LogP contribution in [0.15, 0.2) is 0 Å². The van der Waals surface area contributed by atoms with Gasteiger partial charge in [-0.25, -0.2) is 13.1 Å². The van der Waals surface area contributed by atoms with E-state index in [1.807, 2.05) is 0 Å². The smallest absolute Gasteiger partial charge is 0.212 e. The van der Waals surface area contributed by atoms with Gasteiger partial charge in [0, 0.05) is 19.2 Å². The summed E-state index contributed by atoms with van der Waals surface area (Å²) in [6.07, 6.45) is 2.22. The first kappa shape index (κ1) is 14.9. The zero-order chi connectivity index (χ0) is 12.9. The normalized spacial score (nSPS) is 26.4. The van der Waals surface area contributed by atoms with Gasteiger partial charge in [0.25, 0.3) is 0 Å². The maximum Gasteiger partial charge on any atom is 0.212 e. The third-order valence-electron chi connectivity index (χ3n) is 3.17. The van der Waals surface area contributed by atoms with Crippen molar-refractivity contribution in [1.82, 2.24) is 10.0 Å². The van der Waals surface area contributed by atoms with Crippen molar-refractivity contribution in [1.29, 1.82) is 0 Å². The molecule has 17 heavy (non-hydrogen) atoms. The Kier molecular flexibility index (Phi) is 5.85. The van der Waals surface area contributed by atoms with Crippen molar-refractivity contribution >= 4 is 10.0 Å². The average Bonchev–Trinajstić information content (AvgIpc) is 2.29. The minimum atomic E-state index is -3.09. The van der Waals surface area contributed by atoms with E-state index in [9.17, 15) is 8.42 Å². The number of hydrogen-bond donors (Lipinski definition) is 2. The molecule has 1 rings (SSSR count). The van der Waals surface area contributed by atoms with Crippen LogP contribution in [0.2, 0.25) is 0 Å². The molecule has 2 unspecified atom stereocenters. The van der Waals surface area contributed by atoms with E-state index >= 15 is 0 Å². The van der Waals surface area contributed by atoms with Gasteiger partial charge in [-0.15, -0.1) is 0 Å². The third kappa shape index (κ3) is 5.33. The highest BCUT2D eigenvalue weighted by atomic mass is 32.2. The maximum atomic E-state index is 11.2. The van der Waals surface area contributed by atoms with Crippen LogP contribution < -0.4 is 10.0 Å². The molecule has 1 aliphatic rings. The molecule has 1 saturated heterocycles. The molecule has 6 heteroatoms. The van der Waals surface area contributed by atoms with Crippen molar-refractivity contribution in [3.05, 3.63) is 0 Å². The van der Waals surface area contributed by atoms with Crippen molar-refractivity contribution < 1.29 is 13.2 Å². The fourth-order valence-electron chi connectivity index (χ4n) is 1.98. The molecule has 0 amide bonds. The van der Waals surface area contributed by atoms with Crippen LogP contribution in [-0.2, 0) is 14.8 Å². The van der Waals surface area contributed by atoms with Crippen molar-refractivity contribution in [3.63, 3.8) is 0 Å². The maximum absolute atomic E-state index is 11.2. The summed E-state index contributed by atoms with van der Waals surface area (Å²) in [5.41, 5.74) is 0. The van der Waals surface area contributed by atoms with Crippen LogP contribution in [0.5, 0.6) is 0 Å². The molecule has 2 N–H and O–H groups in total.